The molecule has 1 rings (SSSR count). The Bertz CT molecular complexity index is 423. The van der Waals surface area contributed by atoms with Crippen molar-refractivity contribution in [3.63, 3.8) is 0 Å². The third kappa shape index (κ3) is 4.40. The van der Waals surface area contributed by atoms with E-state index in [-0.39, 0.29) is 5.91 Å². The summed E-state index contributed by atoms with van der Waals surface area (Å²) in [5.41, 5.74) is 2.05. The van der Waals surface area contributed by atoms with Gasteiger partial charge < -0.3 is 15.5 Å². The van der Waals surface area contributed by atoms with Crippen LogP contribution in [-0.4, -0.2) is 32.6 Å². The van der Waals surface area contributed by atoms with Crippen LogP contribution >= 0.6 is 11.6 Å². The fourth-order valence-corrected chi connectivity index (χ4v) is 2.12. The average molecular weight is 284 g/mol. The smallest absolute Gasteiger partial charge is 0.239 e. The van der Waals surface area contributed by atoms with E-state index < -0.39 is 0 Å². The zero-order valence-electron chi connectivity index (χ0n) is 11.8. The SMILES string of the molecule is CCNCc1c(Cl)cccc1N(CC)CC(=O)NC. The number of carbonyl (C=O) groups is 1. The molecule has 0 aromatic heterocycles. The minimum atomic E-state index is -0.00349. The highest BCUT2D eigenvalue weighted by Crippen LogP contribution is 2.27. The van der Waals surface area contributed by atoms with Crippen molar-refractivity contribution in [1.82, 2.24) is 10.6 Å². The maximum Gasteiger partial charge on any atom is 0.239 e. The zero-order valence-corrected chi connectivity index (χ0v) is 12.5. The van der Waals surface area contributed by atoms with E-state index in [0.29, 0.717) is 13.1 Å². The van der Waals surface area contributed by atoms with Crippen LogP contribution in [0.15, 0.2) is 18.2 Å². The van der Waals surface area contributed by atoms with Crippen molar-refractivity contribution in [2.24, 2.45) is 0 Å². The summed E-state index contributed by atoms with van der Waals surface area (Å²) in [6.45, 7) is 6.76. The minimum Gasteiger partial charge on any atom is -0.362 e. The van der Waals surface area contributed by atoms with Gasteiger partial charge in [0.1, 0.15) is 0 Å². The van der Waals surface area contributed by atoms with Crippen molar-refractivity contribution in [2.75, 3.05) is 31.6 Å². The molecule has 5 heteroatoms. The van der Waals surface area contributed by atoms with E-state index >= 15 is 0 Å². The minimum absolute atomic E-state index is 0.00349. The van der Waals surface area contributed by atoms with Gasteiger partial charge in [0.15, 0.2) is 0 Å². The van der Waals surface area contributed by atoms with Gasteiger partial charge in [-0.05, 0) is 25.6 Å². The molecule has 1 aromatic rings. The average Bonchev–Trinajstić information content (AvgIpc) is 2.43. The Balaban J connectivity index is 3.01. The van der Waals surface area contributed by atoms with Gasteiger partial charge in [-0.3, -0.25) is 4.79 Å². The molecule has 2 N–H and O–H groups in total. The summed E-state index contributed by atoms with van der Waals surface area (Å²) < 4.78 is 0. The second-order valence-electron chi connectivity index (χ2n) is 4.21. The first-order valence-corrected chi connectivity index (χ1v) is 6.95. The lowest BCUT2D eigenvalue weighted by Gasteiger charge is -2.25. The zero-order chi connectivity index (χ0) is 14.3. The number of nitrogens with zero attached hydrogens (tertiary/aromatic N) is 1. The quantitative estimate of drug-likeness (QED) is 0.805. The number of hydrogen-bond donors (Lipinski definition) is 2. The molecule has 0 aliphatic rings. The molecule has 0 heterocycles. The topological polar surface area (TPSA) is 44.4 Å². The van der Waals surface area contributed by atoms with E-state index in [0.717, 1.165) is 29.4 Å². The van der Waals surface area contributed by atoms with E-state index in [1.54, 1.807) is 7.05 Å². The third-order valence-electron chi connectivity index (χ3n) is 2.98. The van der Waals surface area contributed by atoms with E-state index in [1.165, 1.54) is 0 Å². The van der Waals surface area contributed by atoms with Crippen molar-refractivity contribution in [2.45, 2.75) is 20.4 Å². The molecule has 0 saturated carbocycles. The van der Waals surface area contributed by atoms with Crippen LogP contribution in [0.1, 0.15) is 19.4 Å². The fourth-order valence-electron chi connectivity index (χ4n) is 1.89. The molecule has 0 radical (unpaired) electrons. The number of anilines is 1. The molecule has 0 spiro atoms. The predicted molar refractivity (Wildman–Crippen MR) is 80.8 cm³/mol. The maximum atomic E-state index is 11.6. The Labute approximate surface area is 120 Å². The molecule has 0 saturated heterocycles. The fraction of sp³-hybridized carbons (Fsp3) is 0.500. The van der Waals surface area contributed by atoms with Crippen LogP contribution in [-0.2, 0) is 11.3 Å². The van der Waals surface area contributed by atoms with Gasteiger partial charge in [-0.25, -0.2) is 0 Å². The molecule has 0 aliphatic carbocycles. The van der Waals surface area contributed by atoms with Crippen molar-refractivity contribution < 1.29 is 4.79 Å². The highest BCUT2D eigenvalue weighted by molar-refractivity contribution is 6.31. The maximum absolute atomic E-state index is 11.6. The number of nitrogens with one attached hydrogen (secondary N) is 2. The van der Waals surface area contributed by atoms with Crippen LogP contribution < -0.4 is 15.5 Å². The molecule has 0 aliphatic heterocycles. The van der Waals surface area contributed by atoms with Crippen LogP contribution in [0, 0.1) is 0 Å². The van der Waals surface area contributed by atoms with Crippen molar-refractivity contribution in [1.29, 1.82) is 0 Å². The highest BCUT2D eigenvalue weighted by atomic mass is 35.5. The second kappa shape index (κ2) is 8.02. The molecular formula is C14H22ClN3O. The van der Waals surface area contributed by atoms with Gasteiger partial charge in [-0.15, -0.1) is 0 Å². The van der Waals surface area contributed by atoms with E-state index in [1.807, 2.05) is 30.0 Å². The van der Waals surface area contributed by atoms with E-state index in [4.69, 9.17) is 11.6 Å². The number of halogens is 1. The lowest BCUT2D eigenvalue weighted by Crippen LogP contribution is -2.36. The largest absolute Gasteiger partial charge is 0.362 e. The number of amides is 1. The molecule has 0 atom stereocenters. The summed E-state index contributed by atoms with van der Waals surface area (Å²) >= 11 is 6.27. The summed E-state index contributed by atoms with van der Waals surface area (Å²) in [5, 5.41) is 6.66. The van der Waals surface area contributed by atoms with E-state index in [9.17, 15) is 4.79 Å². The second-order valence-corrected chi connectivity index (χ2v) is 4.61. The number of benzene rings is 1. The molecular weight excluding hydrogens is 262 g/mol. The highest BCUT2D eigenvalue weighted by Gasteiger charge is 2.14. The van der Waals surface area contributed by atoms with Gasteiger partial charge in [0.2, 0.25) is 5.91 Å². The summed E-state index contributed by atoms with van der Waals surface area (Å²) in [5.74, 6) is -0.00349. The first-order valence-electron chi connectivity index (χ1n) is 6.57. The summed E-state index contributed by atoms with van der Waals surface area (Å²) in [7, 11) is 1.65. The predicted octanol–water partition coefficient (Wildman–Crippen LogP) is 2.02. The number of carbonyl (C=O) groups excluding carboxylic acids is 1. The summed E-state index contributed by atoms with van der Waals surface area (Å²) in [6, 6.07) is 5.80. The van der Waals surface area contributed by atoms with Crippen LogP contribution in [0.3, 0.4) is 0 Å². The Morgan fingerprint density at radius 1 is 1.37 bits per heavy atom. The Morgan fingerprint density at radius 2 is 2.11 bits per heavy atom. The molecule has 0 fully saturated rings. The van der Waals surface area contributed by atoms with Crippen LogP contribution in [0.5, 0.6) is 0 Å². The molecule has 4 nitrogen and oxygen atoms in total. The van der Waals surface area contributed by atoms with E-state index in [2.05, 4.69) is 17.6 Å². The summed E-state index contributed by atoms with van der Waals surface area (Å²) in [6.07, 6.45) is 0. The van der Waals surface area contributed by atoms with Gasteiger partial charge in [0.25, 0.3) is 0 Å². The number of likely N-dealkylation sites (N-methyl/N-ethyl adjacent to an activating group) is 2. The first kappa shape index (κ1) is 15.8. The lowest BCUT2D eigenvalue weighted by molar-refractivity contribution is -0.119. The van der Waals surface area contributed by atoms with Crippen molar-refractivity contribution >= 4 is 23.2 Å². The lowest BCUT2D eigenvalue weighted by atomic mass is 10.1. The molecule has 1 aromatic carbocycles. The molecule has 0 bridgehead atoms. The van der Waals surface area contributed by atoms with Gasteiger partial charge in [0.05, 0.1) is 6.54 Å². The monoisotopic (exact) mass is 283 g/mol. The Hall–Kier alpha value is -1.26. The molecule has 0 unspecified atom stereocenters. The molecule has 19 heavy (non-hydrogen) atoms. The normalized spacial score (nSPS) is 10.3. The van der Waals surface area contributed by atoms with Gasteiger partial charge in [0, 0.05) is 36.4 Å². The first-order chi connectivity index (χ1) is 9.13. The van der Waals surface area contributed by atoms with Crippen molar-refractivity contribution in [3.05, 3.63) is 28.8 Å². The van der Waals surface area contributed by atoms with Crippen LogP contribution in [0.2, 0.25) is 5.02 Å². The van der Waals surface area contributed by atoms with Gasteiger partial charge in [-0.2, -0.15) is 0 Å². The van der Waals surface area contributed by atoms with Crippen LogP contribution in [0.4, 0.5) is 5.69 Å². The molecule has 106 valence electrons. The molecule has 1 amide bonds. The number of rotatable bonds is 7. The Kier molecular flexibility index (Phi) is 6.67. The third-order valence-corrected chi connectivity index (χ3v) is 3.34. The standard InChI is InChI=1S/C14H22ClN3O/c1-4-17-9-11-12(15)7-6-8-13(11)18(5-2)10-14(19)16-3/h6-8,17H,4-5,9-10H2,1-3H3,(H,16,19). The Morgan fingerprint density at radius 3 is 2.68 bits per heavy atom. The van der Waals surface area contributed by atoms with Gasteiger partial charge in [-0.1, -0.05) is 24.6 Å². The van der Waals surface area contributed by atoms with Crippen LogP contribution in [0.25, 0.3) is 0 Å². The van der Waals surface area contributed by atoms with Crippen molar-refractivity contribution in [3.8, 4) is 0 Å². The van der Waals surface area contributed by atoms with Gasteiger partial charge >= 0.3 is 0 Å². The summed E-state index contributed by atoms with van der Waals surface area (Å²) in [4.78, 5) is 13.6. The number of hydrogen-bond acceptors (Lipinski definition) is 3.